The molecule has 0 radical (unpaired) electrons. The Morgan fingerprint density at radius 3 is 2.74 bits per heavy atom. The molecule has 0 N–H and O–H groups in total. The van der Waals surface area contributed by atoms with Gasteiger partial charge in [0.2, 0.25) is 5.78 Å². The SMILES string of the molecule is Cc1ccnc(C(=O)c2ccc3ncccc3c2)c1. The molecule has 92 valence electrons. The van der Waals surface area contributed by atoms with Crippen molar-refractivity contribution >= 4 is 16.7 Å². The first-order valence-electron chi connectivity index (χ1n) is 6.06. The highest BCUT2D eigenvalue weighted by molar-refractivity contribution is 6.09. The van der Waals surface area contributed by atoms with E-state index >= 15 is 0 Å². The predicted octanol–water partition coefficient (Wildman–Crippen LogP) is 3.17. The molecule has 3 aromatic rings. The van der Waals surface area contributed by atoms with Crippen molar-refractivity contribution in [2.45, 2.75) is 6.92 Å². The highest BCUT2D eigenvalue weighted by Gasteiger charge is 2.11. The summed E-state index contributed by atoms with van der Waals surface area (Å²) in [7, 11) is 0. The molecule has 0 amide bonds. The fourth-order valence-electron chi connectivity index (χ4n) is 2.03. The number of carbonyl (C=O) groups excluding carboxylic acids is 1. The molecule has 0 saturated heterocycles. The smallest absolute Gasteiger partial charge is 0.211 e. The van der Waals surface area contributed by atoms with E-state index in [1.54, 1.807) is 24.5 Å². The molecule has 0 aliphatic rings. The fraction of sp³-hybridized carbons (Fsp3) is 0.0625. The summed E-state index contributed by atoms with van der Waals surface area (Å²) in [5.41, 5.74) is 3.03. The molecule has 3 nitrogen and oxygen atoms in total. The molecule has 0 spiro atoms. The van der Waals surface area contributed by atoms with Gasteiger partial charge in [0.1, 0.15) is 5.69 Å². The normalized spacial score (nSPS) is 10.6. The summed E-state index contributed by atoms with van der Waals surface area (Å²) in [6.07, 6.45) is 3.40. The van der Waals surface area contributed by atoms with Gasteiger partial charge in [0, 0.05) is 23.3 Å². The molecule has 2 heterocycles. The highest BCUT2D eigenvalue weighted by Crippen LogP contribution is 2.16. The molecule has 19 heavy (non-hydrogen) atoms. The van der Waals surface area contributed by atoms with Crippen LogP contribution in [0.1, 0.15) is 21.6 Å². The number of pyridine rings is 2. The third-order valence-electron chi connectivity index (χ3n) is 3.01. The summed E-state index contributed by atoms with van der Waals surface area (Å²) < 4.78 is 0. The number of ketones is 1. The van der Waals surface area contributed by atoms with Crippen molar-refractivity contribution in [3.63, 3.8) is 0 Å². The molecular weight excluding hydrogens is 236 g/mol. The van der Waals surface area contributed by atoms with Crippen LogP contribution in [0.25, 0.3) is 10.9 Å². The third kappa shape index (κ3) is 2.22. The van der Waals surface area contributed by atoms with E-state index in [4.69, 9.17) is 0 Å². The summed E-state index contributed by atoms with van der Waals surface area (Å²) in [6, 6.07) is 13.0. The van der Waals surface area contributed by atoms with Gasteiger partial charge < -0.3 is 0 Å². The standard InChI is InChI=1S/C16H12N2O/c1-11-6-8-18-15(9-11)16(19)13-4-5-14-12(10-13)3-2-7-17-14/h2-10H,1H3. The van der Waals surface area contributed by atoms with Crippen molar-refractivity contribution in [3.8, 4) is 0 Å². The lowest BCUT2D eigenvalue weighted by Gasteiger charge is -2.03. The summed E-state index contributed by atoms with van der Waals surface area (Å²) in [4.78, 5) is 20.7. The van der Waals surface area contributed by atoms with Crippen LogP contribution >= 0.6 is 0 Å². The topological polar surface area (TPSA) is 42.9 Å². The Morgan fingerprint density at radius 2 is 1.89 bits per heavy atom. The van der Waals surface area contributed by atoms with E-state index in [2.05, 4.69) is 9.97 Å². The Bertz CT molecular complexity index is 765. The van der Waals surface area contributed by atoms with Gasteiger partial charge in [0.25, 0.3) is 0 Å². The van der Waals surface area contributed by atoms with E-state index in [1.165, 1.54) is 0 Å². The number of carbonyl (C=O) groups is 1. The maximum absolute atomic E-state index is 12.4. The Labute approximate surface area is 111 Å². The van der Waals surface area contributed by atoms with Crippen LogP contribution in [0.2, 0.25) is 0 Å². The average Bonchev–Trinajstić information content (AvgIpc) is 2.46. The Balaban J connectivity index is 2.06. The van der Waals surface area contributed by atoms with Gasteiger partial charge in [-0.15, -0.1) is 0 Å². The number of hydrogen-bond donors (Lipinski definition) is 0. The predicted molar refractivity (Wildman–Crippen MR) is 74.1 cm³/mol. The molecule has 0 fully saturated rings. The number of fused-ring (bicyclic) bond motifs is 1. The quantitative estimate of drug-likeness (QED) is 0.654. The van der Waals surface area contributed by atoms with Crippen molar-refractivity contribution in [2.75, 3.05) is 0 Å². The number of aryl methyl sites for hydroxylation is 1. The zero-order valence-electron chi connectivity index (χ0n) is 10.5. The van der Waals surface area contributed by atoms with E-state index in [9.17, 15) is 4.79 Å². The second-order valence-corrected chi connectivity index (χ2v) is 4.46. The molecule has 0 saturated carbocycles. The maximum Gasteiger partial charge on any atom is 0.211 e. The van der Waals surface area contributed by atoms with Gasteiger partial charge in [-0.3, -0.25) is 14.8 Å². The molecule has 2 aromatic heterocycles. The van der Waals surface area contributed by atoms with Gasteiger partial charge >= 0.3 is 0 Å². The number of aromatic nitrogens is 2. The summed E-state index contributed by atoms with van der Waals surface area (Å²) in [5, 5.41) is 0.959. The van der Waals surface area contributed by atoms with E-state index < -0.39 is 0 Å². The molecule has 0 bridgehead atoms. The lowest BCUT2D eigenvalue weighted by Crippen LogP contribution is -2.04. The largest absolute Gasteiger partial charge is 0.287 e. The zero-order valence-corrected chi connectivity index (χ0v) is 10.5. The first-order valence-corrected chi connectivity index (χ1v) is 6.06. The van der Waals surface area contributed by atoms with Crippen LogP contribution in [0.4, 0.5) is 0 Å². The van der Waals surface area contributed by atoms with Gasteiger partial charge in [-0.2, -0.15) is 0 Å². The molecule has 0 aliphatic carbocycles. The lowest BCUT2D eigenvalue weighted by atomic mass is 10.0. The van der Waals surface area contributed by atoms with Crippen LogP contribution in [0.3, 0.4) is 0 Å². The second kappa shape index (κ2) is 4.61. The van der Waals surface area contributed by atoms with Crippen molar-refractivity contribution in [1.29, 1.82) is 0 Å². The first kappa shape index (κ1) is 11.5. The maximum atomic E-state index is 12.4. The lowest BCUT2D eigenvalue weighted by molar-refractivity contribution is 0.103. The van der Waals surface area contributed by atoms with Crippen LogP contribution in [0.15, 0.2) is 54.9 Å². The second-order valence-electron chi connectivity index (χ2n) is 4.46. The van der Waals surface area contributed by atoms with E-state index in [-0.39, 0.29) is 5.78 Å². The Hall–Kier alpha value is -2.55. The van der Waals surface area contributed by atoms with Crippen molar-refractivity contribution in [2.24, 2.45) is 0 Å². The Morgan fingerprint density at radius 1 is 1.00 bits per heavy atom. The van der Waals surface area contributed by atoms with Gasteiger partial charge in [0.05, 0.1) is 5.52 Å². The summed E-state index contributed by atoms with van der Waals surface area (Å²) in [5.74, 6) is -0.0607. The van der Waals surface area contributed by atoms with Crippen LogP contribution in [0, 0.1) is 6.92 Å². The number of hydrogen-bond acceptors (Lipinski definition) is 3. The van der Waals surface area contributed by atoms with Crippen LogP contribution in [-0.4, -0.2) is 15.8 Å². The minimum Gasteiger partial charge on any atom is -0.287 e. The van der Waals surface area contributed by atoms with E-state index in [0.29, 0.717) is 11.3 Å². The van der Waals surface area contributed by atoms with Crippen molar-refractivity contribution in [3.05, 3.63) is 71.7 Å². The third-order valence-corrected chi connectivity index (χ3v) is 3.01. The van der Waals surface area contributed by atoms with Crippen molar-refractivity contribution < 1.29 is 4.79 Å². The van der Waals surface area contributed by atoms with Gasteiger partial charge in [-0.1, -0.05) is 6.07 Å². The number of rotatable bonds is 2. The van der Waals surface area contributed by atoms with Gasteiger partial charge in [0.15, 0.2) is 0 Å². The summed E-state index contributed by atoms with van der Waals surface area (Å²) in [6.45, 7) is 1.95. The zero-order chi connectivity index (χ0) is 13.2. The molecule has 1 aromatic carbocycles. The fourth-order valence-corrected chi connectivity index (χ4v) is 2.03. The van der Waals surface area contributed by atoms with Gasteiger partial charge in [-0.05, 0) is 48.9 Å². The number of benzene rings is 1. The minimum atomic E-state index is -0.0607. The molecule has 0 atom stereocenters. The van der Waals surface area contributed by atoms with E-state index in [0.717, 1.165) is 16.5 Å². The van der Waals surface area contributed by atoms with Crippen LogP contribution < -0.4 is 0 Å². The Kier molecular flexibility index (Phi) is 2.80. The first-order chi connectivity index (χ1) is 9.24. The summed E-state index contributed by atoms with van der Waals surface area (Å²) >= 11 is 0. The minimum absolute atomic E-state index is 0.0607. The highest BCUT2D eigenvalue weighted by atomic mass is 16.1. The van der Waals surface area contributed by atoms with Gasteiger partial charge in [-0.25, -0.2) is 0 Å². The average molecular weight is 248 g/mol. The number of nitrogens with zero attached hydrogens (tertiary/aromatic N) is 2. The van der Waals surface area contributed by atoms with E-state index in [1.807, 2.05) is 37.3 Å². The van der Waals surface area contributed by atoms with Crippen LogP contribution in [0.5, 0.6) is 0 Å². The molecular formula is C16H12N2O. The molecule has 0 unspecified atom stereocenters. The molecule has 3 heteroatoms. The van der Waals surface area contributed by atoms with Crippen LogP contribution in [-0.2, 0) is 0 Å². The van der Waals surface area contributed by atoms with Crippen molar-refractivity contribution in [1.82, 2.24) is 9.97 Å². The molecule has 0 aliphatic heterocycles. The monoisotopic (exact) mass is 248 g/mol. The molecule has 3 rings (SSSR count).